The van der Waals surface area contributed by atoms with Gasteiger partial charge in [0.25, 0.3) is 11.8 Å². The van der Waals surface area contributed by atoms with Crippen molar-refractivity contribution in [2.75, 3.05) is 40.5 Å². The maximum atomic E-state index is 13.0. The molecule has 1 atom stereocenters. The Bertz CT molecular complexity index is 1130. The van der Waals surface area contributed by atoms with E-state index in [1.165, 1.54) is 4.90 Å². The van der Waals surface area contributed by atoms with E-state index in [2.05, 4.69) is 5.32 Å². The summed E-state index contributed by atoms with van der Waals surface area (Å²) in [7, 11) is 3.34. The fraction of sp³-hybridized carbons (Fsp3) is 0.556. The Balaban J connectivity index is 1.46. The molecule has 0 saturated carbocycles. The van der Waals surface area contributed by atoms with Gasteiger partial charge in [0.15, 0.2) is 0 Å². The monoisotopic (exact) mass is 496 g/mol. The van der Waals surface area contributed by atoms with Gasteiger partial charge in [-0.05, 0) is 49.3 Å². The van der Waals surface area contributed by atoms with Crippen LogP contribution in [0.4, 0.5) is 0 Å². The predicted octanol–water partition coefficient (Wildman–Crippen LogP) is 2.72. The first-order valence-corrected chi connectivity index (χ1v) is 12.7. The fourth-order valence-electron chi connectivity index (χ4n) is 5.01. The van der Waals surface area contributed by atoms with Crippen LogP contribution in [0.25, 0.3) is 0 Å². The summed E-state index contributed by atoms with van der Waals surface area (Å²) in [6.07, 6.45) is 3.25. The van der Waals surface area contributed by atoms with E-state index in [0.29, 0.717) is 49.4 Å². The summed E-state index contributed by atoms with van der Waals surface area (Å²) in [6.45, 7) is 6.80. The lowest BCUT2D eigenvalue weighted by Gasteiger charge is -2.36. The maximum absolute atomic E-state index is 13.0. The molecule has 2 aromatic rings. The third-order valence-corrected chi connectivity index (χ3v) is 7.15. The highest BCUT2D eigenvalue weighted by atomic mass is 16.5. The Morgan fingerprint density at radius 2 is 1.97 bits per heavy atom. The topological polar surface area (TPSA) is 103 Å². The van der Waals surface area contributed by atoms with Gasteiger partial charge >= 0.3 is 5.97 Å². The van der Waals surface area contributed by atoms with Crippen molar-refractivity contribution in [3.05, 3.63) is 52.3 Å². The zero-order valence-corrected chi connectivity index (χ0v) is 21.6. The van der Waals surface area contributed by atoms with E-state index in [1.807, 2.05) is 18.5 Å². The van der Waals surface area contributed by atoms with E-state index >= 15 is 0 Å². The summed E-state index contributed by atoms with van der Waals surface area (Å²) in [5.41, 5.74) is 3.23. The molecule has 1 aromatic carbocycles. The molecule has 0 aliphatic carbocycles. The van der Waals surface area contributed by atoms with E-state index in [0.717, 1.165) is 30.7 Å². The van der Waals surface area contributed by atoms with Gasteiger partial charge in [-0.15, -0.1) is 0 Å². The van der Waals surface area contributed by atoms with Crippen molar-refractivity contribution in [3.8, 4) is 0 Å². The molecule has 194 valence electrons. The smallest absolute Gasteiger partial charge is 0.338 e. The highest BCUT2D eigenvalue weighted by Crippen LogP contribution is 2.37. The van der Waals surface area contributed by atoms with Crippen LogP contribution in [0.15, 0.2) is 24.3 Å². The molecule has 3 heterocycles. The van der Waals surface area contributed by atoms with E-state index < -0.39 is 5.97 Å². The van der Waals surface area contributed by atoms with Gasteiger partial charge in [0.2, 0.25) is 0 Å². The first-order valence-electron chi connectivity index (χ1n) is 12.7. The van der Waals surface area contributed by atoms with Gasteiger partial charge in [-0.2, -0.15) is 5.10 Å². The number of esters is 1. The third-order valence-electron chi connectivity index (χ3n) is 7.15. The van der Waals surface area contributed by atoms with E-state index in [9.17, 15) is 14.4 Å². The van der Waals surface area contributed by atoms with Gasteiger partial charge in [0, 0.05) is 51.9 Å². The first-order chi connectivity index (χ1) is 17.2. The van der Waals surface area contributed by atoms with Crippen molar-refractivity contribution in [1.82, 2.24) is 20.0 Å². The minimum absolute atomic E-state index is 0.0212. The number of nitrogens with one attached hydrogen (secondary N) is 1. The molecule has 2 aliphatic heterocycles. The minimum Gasteiger partial charge on any atom is -0.462 e. The Morgan fingerprint density at radius 1 is 1.25 bits per heavy atom. The van der Waals surface area contributed by atoms with Crippen LogP contribution in [0.1, 0.15) is 69.2 Å². The Labute approximate surface area is 212 Å². The van der Waals surface area contributed by atoms with Gasteiger partial charge in [0.05, 0.1) is 29.1 Å². The standard InChI is InChI=1S/C27H36N4O5/c1-5-21-23-22(14-27(17-28-24(23)32)9-11-35-12-10-27)31(29-21)15-18(2)16-36-26(34)20-8-6-7-19(13-20)25(33)30(3)4/h6-8,13,18H,5,9-12,14-17H2,1-4H3,(H,28,32)/t18-/m1/s1. The maximum Gasteiger partial charge on any atom is 0.338 e. The zero-order chi connectivity index (χ0) is 25.9. The van der Waals surface area contributed by atoms with Gasteiger partial charge < -0.3 is 19.7 Å². The number of benzene rings is 1. The number of amides is 2. The number of nitrogens with zero attached hydrogens (tertiary/aromatic N) is 3. The average molecular weight is 497 g/mol. The molecule has 1 spiro atoms. The summed E-state index contributed by atoms with van der Waals surface area (Å²) in [4.78, 5) is 39.4. The van der Waals surface area contributed by atoms with Gasteiger partial charge in [-0.25, -0.2) is 4.79 Å². The van der Waals surface area contributed by atoms with Crippen LogP contribution >= 0.6 is 0 Å². The Hall–Kier alpha value is -3.20. The summed E-state index contributed by atoms with van der Waals surface area (Å²) in [5, 5.41) is 7.93. The van der Waals surface area contributed by atoms with Crippen LogP contribution < -0.4 is 5.32 Å². The zero-order valence-electron chi connectivity index (χ0n) is 21.6. The summed E-state index contributed by atoms with van der Waals surface area (Å²) >= 11 is 0. The molecule has 9 nitrogen and oxygen atoms in total. The number of carbonyl (C=O) groups excluding carboxylic acids is 3. The molecule has 1 aromatic heterocycles. The van der Waals surface area contributed by atoms with E-state index in [1.54, 1.807) is 38.4 Å². The lowest BCUT2D eigenvalue weighted by Crippen LogP contribution is -2.41. The van der Waals surface area contributed by atoms with Gasteiger partial charge in [0.1, 0.15) is 0 Å². The number of hydrogen-bond acceptors (Lipinski definition) is 6. The summed E-state index contributed by atoms with van der Waals surface area (Å²) < 4.78 is 13.1. The minimum atomic E-state index is -0.468. The lowest BCUT2D eigenvalue weighted by atomic mass is 9.76. The van der Waals surface area contributed by atoms with Crippen molar-refractivity contribution in [1.29, 1.82) is 0 Å². The molecule has 36 heavy (non-hydrogen) atoms. The average Bonchev–Trinajstić information content (AvgIpc) is 3.15. The van der Waals surface area contributed by atoms with Crippen molar-refractivity contribution < 1.29 is 23.9 Å². The predicted molar refractivity (Wildman–Crippen MR) is 134 cm³/mol. The number of aromatic nitrogens is 2. The molecule has 0 unspecified atom stereocenters. The number of hydrogen-bond donors (Lipinski definition) is 1. The van der Waals surface area contributed by atoms with Crippen molar-refractivity contribution in [2.45, 2.75) is 46.1 Å². The van der Waals surface area contributed by atoms with E-state index in [-0.39, 0.29) is 29.8 Å². The highest BCUT2D eigenvalue weighted by molar-refractivity contribution is 5.98. The van der Waals surface area contributed by atoms with Crippen LogP contribution in [-0.4, -0.2) is 72.9 Å². The van der Waals surface area contributed by atoms with Gasteiger partial charge in [-0.3, -0.25) is 14.3 Å². The van der Waals surface area contributed by atoms with Crippen LogP contribution in [0.2, 0.25) is 0 Å². The molecule has 4 rings (SSSR count). The molecule has 2 aliphatic rings. The Kier molecular flexibility index (Phi) is 7.78. The number of ether oxygens (including phenoxy) is 2. The number of carbonyl (C=O) groups is 3. The molecule has 0 bridgehead atoms. The van der Waals surface area contributed by atoms with Crippen molar-refractivity contribution in [3.63, 3.8) is 0 Å². The lowest BCUT2D eigenvalue weighted by molar-refractivity contribution is 0.0151. The first kappa shape index (κ1) is 25.9. The molecular formula is C27H36N4O5. The largest absolute Gasteiger partial charge is 0.462 e. The van der Waals surface area contributed by atoms with Crippen molar-refractivity contribution in [2.24, 2.45) is 11.3 Å². The molecule has 2 amide bonds. The molecule has 1 N–H and O–H groups in total. The number of fused-ring (bicyclic) bond motifs is 1. The second kappa shape index (κ2) is 10.8. The summed E-state index contributed by atoms with van der Waals surface area (Å²) in [5.74, 6) is -0.714. The SMILES string of the molecule is CCc1nn(C[C@@H](C)COC(=O)c2cccc(C(=O)N(C)C)c2)c2c1C(=O)NCC1(CCOCC1)C2. The fourth-order valence-corrected chi connectivity index (χ4v) is 5.01. The second-order valence-electron chi connectivity index (χ2n) is 10.3. The number of rotatable bonds is 7. The number of aryl methyl sites for hydroxylation is 1. The molecule has 0 radical (unpaired) electrons. The second-order valence-corrected chi connectivity index (χ2v) is 10.3. The van der Waals surface area contributed by atoms with Crippen LogP contribution in [-0.2, 0) is 28.9 Å². The quantitative estimate of drug-likeness (QED) is 0.592. The molecular weight excluding hydrogens is 460 g/mol. The summed E-state index contributed by atoms with van der Waals surface area (Å²) in [6, 6.07) is 6.56. The van der Waals surface area contributed by atoms with E-state index in [4.69, 9.17) is 14.6 Å². The highest BCUT2D eigenvalue weighted by Gasteiger charge is 2.39. The third kappa shape index (κ3) is 5.46. The molecule has 1 fully saturated rings. The normalized spacial score (nSPS) is 17.6. The molecule has 9 heteroatoms. The van der Waals surface area contributed by atoms with Gasteiger partial charge in [-0.1, -0.05) is 19.9 Å². The van der Waals surface area contributed by atoms with Crippen LogP contribution in [0, 0.1) is 11.3 Å². The molecule has 1 saturated heterocycles. The van der Waals surface area contributed by atoms with Crippen LogP contribution in [0.3, 0.4) is 0 Å². The van der Waals surface area contributed by atoms with Crippen LogP contribution in [0.5, 0.6) is 0 Å². The Morgan fingerprint density at radius 3 is 2.67 bits per heavy atom. The van der Waals surface area contributed by atoms with Crippen molar-refractivity contribution >= 4 is 17.8 Å².